The quantitative estimate of drug-likeness (QED) is 0.679. The van der Waals surface area contributed by atoms with Gasteiger partial charge in [0.1, 0.15) is 11.3 Å². The lowest BCUT2D eigenvalue weighted by atomic mass is 10.00. The molecule has 8 heteroatoms. The second-order valence-electron chi connectivity index (χ2n) is 6.02. The number of nitrogens with zero attached hydrogens (tertiary/aromatic N) is 1. The van der Waals surface area contributed by atoms with Crippen LogP contribution in [0.2, 0.25) is 0 Å². The number of benzene rings is 1. The molecule has 0 saturated carbocycles. The first-order valence-corrected chi connectivity index (χ1v) is 7.85. The van der Waals surface area contributed by atoms with E-state index >= 15 is 0 Å². The third-order valence-corrected chi connectivity index (χ3v) is 4.43. The van der Waals surface area contributed by atoms with E-state index in [4.69, 9.17) is 4.74 Å². The zero-order valence-electron chi connectivity index (χ0n) is 13.8. The number of halogens is 3. The van der Waals surface area contributed by atoms with Crippen molar-refractivity contribution in [2.45, 2.75) is 25.9 Å². The molecule has 0 spiro atoms. The number of likely N-dealkylation sites (tertiary alicyclic amines) is 1. The van der Waals surface area contributed by atoms with Gasteiger partial charge in [0, 0.05) is 29.7 Å². The molecule has 2 aromatic rings. The molecule has 1 fully saturated rings. The van der Waals surface area contributed by atoms with E-state index in [-0.39, 0.29) is 27.9 Å². The Kier molecular flexibility index (Phi) is 4.22. The van der Waals surface area contributed by atoms with Gasteiger partial charge in [0.25, 0.3) is 11.7 Å². The van der Waals surface area contributed by atoms with Gasteiger partial charge in [0.05, 0.1) is 12.7 Å². The van der Waals surface area contributed by atoms with Gasteiger partial charge in [-0.05, 0) is 31.9 Å². The Labute approximate surface area is 141 Å². The highest BCUT2D eigenvalue weighted by Crippen LogP contribution is 2.43. The van der Waals surface area contributed by atoms with Crippen molar-refractivity contribution in [3.8, 4) is 5.75 Å². The number of alkyl halides is 3. The van der Waals surface area contributed by atoms with Gasteiger partial charge >= 0.3 is 6.18 Å². The first kappa shape index (κ1) is 17.3. The Morgan fingerprint density at radius 1 is 1.20 bits per heavy atom. The van der Waals surface area contributed by atoms with Gasteiger partial charge in [-0.15, -0.1) is 0 Å². The Bertz CT molecular complexity index is 849. The second kappa shape index (κ2) is 6.09. The van der Waals surface area contributed by atoms with E-state index in [0.717, 1.165) is 20.0 Å². The molecule has 2 heterocycles. The summed E-state index contributed by atoms with van der Waals surface area (Å²) in [6.07, 6.45) is -3.16. The summed E-state index contributed by atoms with van der Waals surface area (Å²) < 4.78 is 45.7. The van der Waals surface area contributed by atoms with Gasteiger partial charge in [-0.25, -0.2) is 0 Å². The molecule has 0 radical (unpaired) electrons. The maximum absolute atomic E-state index is 13.6. The van der Waals surface area contributed by atoms with E-state index in [1.54, 1.807) is 0 Å². The third-order valence-electron chi connectivity index (χ3n) is 4.43. The fourth-order valence-corrected chi connectivity index (χ4v) is 3.31. The Balaban J connectivity index is 2.22. The summed E-state index contributed by atoms with van der Waals surface area (Å²) in [4.78, 5) is 29.2. The van der Waals surface area contributed by atoms with Crippen LogP contribution in [0.1, 0.15) is 34.5 Å². The Morgan fingerprint density at radius 2 is 1.84 bits per heavy atom. The van der Waals surface area contributed by atoms with Gasteiger partial charge < -0.3 is 14.6 Å². The number of hydrogen-bond donors (Lipinski definition) is 1. The van der Waals surface area contributed by atoms with Crippen molar-refractivity contribution in [1.29, 1.82) is 0 Å². The van der Waals surface area contributed by atoms with Gasteiger partial charge in [-0.1, -0.05) is 0 Å². The number of carbonyl (C=O) groups excluding carboxylic acids is 2. The standard InChI is InChI=1S/C17H17F3N2O3/c1-9-12(15(23)16(24)22-7-3-4-8-22)13-10(21-9)5-6-11(25-2)14(13)17(18,19)20/h5-6,21H,3-4,7-8H2,1-2H3. The van der Waals surface area contributed by atoms with Crippen molar-refractivity contribution in [3.63, 3.8) is 0 Å². The van der Waals surface area contributed by atoms with Crippen molar-refractivity contribution in [2.75, 3.05) is 20.2 Å². The SMILES string of the molecule is COc1ccc2[nH]c(C)c(C(=O)C(=O)N3CCCC3)c2c1C(F)(F)F. The van der Waals surface area contributed by atoms with Crippen LogP contribution in [0, 0.1) is 6.92 Å². The number of aromatic nitrogens is 1. The van der Waals surface area contributed by atoms with Crippen molar-refractivity contribution < 1.29 is 27.5 Å². The number of H-pyrrole nitrogens is 1. The zero-order chi connectivity index (χ0) is 18.4. The molecule has 1 aliphatic heterocycles. The van der Waals surface area contributed by atoms with E-state index in [1.165, 1.54) is 24.0 Å². The topological polar surface area (TPSA) is 62.4 Å². The Hall–Kier alpha value is -2.51. The molecule has 0 aliphatic carbocycles. The smallest absolute Gasteiger partial charge is 0.420 e. The number of ketones is 1. The number of amides is 1. The van der Waals surface area contributed by atoms with Crippen LogP contribution in [0.15, 0.2) is 12.1 Å². The van der Waals surface area contributed by atoms with Crippen LogP contribution in [0.25, 0.3) is 10.9 Å². The molecule has 1 aromatic carbocycles. The maximum Gasteiger partial charge on any atom is 0.420 e. The van der Waals surface area contributed by atoms with E-state index in [2.05, 4.69) is 4.98 Å². The summed E-state index contributed by atoms with van der Waals surface area (Å²) >= 11 is 0. The monoisotopic (exact) mass is 354 g/mol. The number of nitrogens with one attached hydrogen (secondary N) is 1. The van der Waals surface area contributed by atoms with Crippen molar-refractivity contribution >= 4 is 22.6 Å². The number of carbonyl (C=O) groups is 2. The zero-order valence-corrected chi connectivity index (χ0v) is 13.8. The summed E-state index contributed by atoms with van der Waals surface area (Å²) in [5.74, 6) is -2.08. The minimum atomic E-state index is -4.73. The molecule has 1 saturated heterocycles. The molecule has 5 nitrogen and oxygen atoms in total. The number of fused-ring (bicyclic) bond motifs is 1. The lowest BCUT2D eigenvalue weighted by molar-refractivity contribution is -0.137. The summed E-state index contributed by atoms with van der Waals surface area (Å²) in [6.45, 7) is 2.37. The molecule has 0 atom stereocenters. The van der Waals surface area contributed by atoms with E-state index in [0.29, 0.717) is 13.1 Å². The summed E-state index contributed by atoms with van der Waals surface area (Å²) in [6, 6.07) is 2.60. The molecule has 134 valence electrons. The first-order valence-electron chi connectivity index (χ1n) is 7.85. The Morgan fingerprint density at radius 3 is 2.40 bits per heavy atom. The molecule has 1 amide bonds. The molecular weight excluding hydrogens is 337 g/mol. The molecule has 0 bridgehead atoms. The van der Waals surface area contributed by atoms with Gasteiger partial charge in [-0.3, -0.25) is 9.59 Å². The predicted octanol–water partition coefficient (Wildman–Crippen LogP) is 3.31. The van der Waals surface area contributed by atoms with Gasteiger partial charge in [0.15, 0.2) is 0 Å². The number of methoxy groups -OCH3 is 1. The van der Waals surface area contributed by atoms with Crippen LogP contribution < -0.4 is 4.74 Å². The molecule has 1 N–H and O–H groups in total. The number of hydrogen-bond acceptors (Lipinski definition) is 3. The number of Topliss-reactive ketones (excluding diaryl/α,β-unsaturated/α-hetero) is 1. The number of rotatable bonds is 3. The lowest BCUT2D eigenvalue weighted by Crippen LogP contribution is -2.34. The molecule has 1 aromatic heterocycles. The number of aromatic amines is 1. The van der Waals surface area contributed by atoms with Crippen LogP contribution in [0.5, 0.6) is 5.75 Å². The molecular formula is C17H17F3N2O3. The van der Waals surface area contributed by atoms with Crippen molar-refractivity contribution in [3.05, 3.63) is 29.0 Å². The van der Waals surface area contributed by atoms with E-state index in [9.17, 15) is 22.8 Å². The second-order valence-corrected chi connectivity index (χ2v) is 6.02. The normalized spacial score (nSPS) is 15.0. The summed E-state index contributed by atoms with van der Waals surface area (Å²) in [7, 11) is 1.13. The van der Waals surface area contributed by atoms with Gasteiger partial charge in [0.2, 0.25) is 0 Å². The fourth-order valence-electron chi connectivity index (χ4n) is 3.31. The van der Waals surface area contributed by atoms with Crippen LogP contribution in [-0.2, 0) is 11.0 Å². The predicted molar refractivity (Wildman–Crippen MR) is 84.7 cm³/mol. The fraction of sp³-hybridized carbons (Fsp3) is 0.412. The number of aryl methyl sites for hydroxylation is 1. The van der Waals surface area contributed by atoms with Crippen LogP contribution in [0.3, 0.4) is 0 Å². The van der Waals surface area contributed by atoms with Gasteiger partial charge in [-0.2, -0.15) is 13.2 Å². The average molecular weight is 354 g/mol. The highest BCUT2D eigenvalue weighted by molar-refractivity contribution is 6.45. The lowest BCUT2D eigenvalue weighted by Gasteiger charge is -2.16. The maximum atomic E-state index is 13.6. The number of ether oxygens (including phenoxy) is 1. The summed E-state index contributed by atoms with van der Waals surface area (Å²) in [5.41, 5.74) is -0.915. The van der Waals surface area contributed by atoms with Crippen LogP contribution >= 0.6 is 0 Å². The highest BCUT2D eigenvalue weighted by Gasteiger charge is 2.40. The van der Waals surface area contributed by atoms with E-state index < -0.39 is 23.4 Å². The van der Waals surface area contributed by atoms with Crippen molar-refractivity contribution in [2.24, 2.45) is 0 Å². The van der Waals surface area contributed by atoms with Crippen LogP contribution in [-0.4, -0.2) is 41.8 Å². The summed E-state index contributed by atoms with van der Waals surface area (Å²) in [5, 5.41) is -0.318. The molecule has 0 unspecified atom stereocenters. The largest absolute Gasteiger partial charge is 0.496 e. The minimum Gasteiger partial charge on any atom is -0.496 e. The minimum absolute atomic E-state index is 0.142. The average Bonchev–Trinajstić information content (AvgIpc) is 3.18. The van der Waals surface area contributed by atoms with E-state index in [1.807, 2.05) is 0 Å². The van der Waals surface area contributed by atoms with Crippen LogP contribution in [0.4, 0.5) is 13.2 Å². The molecule has 25 heavy (non-hydrogen) atoms. The first-order chi connectivity index (χ1) is 11.8. The molecule has 1 aliphatic rings. The third kappa shape index (κ3) is 2.85. The van der Waals surface area contributed by atoms with Crippen molar-refractivity contribution in [1.82, 2.24) is 9.88 Å². The highest BCUT2D eigenvalue weighted by atomic mass is 19.4. The molecule has 3 rings (SSSR count).